The maximum atomic E-state index is 11.5. The summed E-state index contributed by atoms with van der Waals surface area (Å²) in [6.45, 7) is 2.39. The average Bonchev–Trinajstić information content (AvgIpc) is 2.62. The van der Waals surface area contributed by atoms with E-state index in [2.05, 4.69) is 20.2 Å². The molecule has 0 aliphatic rings. The topological polar surface area (TPSA) is 97.1 Å². The zero-order valence-electron chi connectivity index (χ0n) is 9.36. The quantitative estimate of drug-likeness (QED) is 0.626. The van der Waals surface area contributed by atoms with Crippen LogP contribution in [-0.4, -0.2) is 37.9 Å². The highest BCUT2D eigenvalue weighted by atomic mass is 32.2. The largest absolute Gasteiger partial charge is 0.338 e. The molecule has 0 saturated carbocycles. The van der Waals surface area contributed by atoms with Crippen LogP contribution in [-0.2, 0) is 16.6 Å². The molecular formula is C8H16N4O3S. The Labute approximate surface area is 94.7 Å². The number of nitrogens with one attached hydrogen (secondary N) is 2. The van der Waals surface area contributed by atoms with Gasteiger partial charge in [0.25, 0.3) is 0 Å². The zero-order valence-corrected chi connectivity index (χ0v) is 10.2. The minimum Gasteiger partial charge on any atom is -0.338 e. The predicted octanol–water partition coefficient (Wildman–Crippen LogP) is -0.593. The first kappa shape index (κ1) is 13.1. The van der Waals surface area contributed by atoms with Crippen molar-refractivity contribution in [2.45, 2.75) is 19.9 Å². The van der Waals surface area contributed by atoms with E-state index >= 15 is 0 Å². The van der Waals surface area contributed by atoms with Crippen molar-refractivity contribution in [2.75, 3.05) is 19.3 Å². The number of rotatable bonds is 7. The Kier molecular flexibility index (Phi) is 4.84. The fraction of sp³-hybridized carbons (Fsp3) is 0.750. The Bertz CT molecular complexity index is 415. The Morgan fingerprint density at radius 3 is 2.75 bits per heavy atom. The number of aromatic nitrogens is 2. The molecule has 1 aromatic rings. The summed E-state index contributed by atoms with van der Waals surface area (Å²) in [6.07, 6.45) is 0.564. The second kappa shape index (κ2) is 5.92. The van der Waals surface area contributed by atoms with E-state index in [1.807, 2.05) is 0 Å². The average molecular weight is 248 g/mol. The molecule has 0 spiro atoms. The molecule has 0 bridgehead atoms. The molecule has 0 unspecified atom stereocenters. The van der Waals surface area contributed by atoms with Crippen LogP contribution in [0.25, 0.3) is 0 Å². The summed E-state index contributed by atoms with van der Waals surface area (Å²) in [6, 6.07) is 0. The molecule has 0 radical (unpaired) electrons. The summed E-state index contributed by atoms with van der Waals surface area (Å²) in [5.74, 6) is 0.847. The summed E-state index contributed by atoms with van der Waals surface area (Å²) < 4.78 is 30.1. The molecule has 0 fully saturated rings. The lowest BCUT2D eigenvalue weighted by molar-refractivity contribution is 0.372. The first-order valence-corrected chi connectivity index (χ1v) is 6.60. The van der Waals surface area contributed by atoms with Gasteiger partial charge in [0.05, 0.1) is 12.3 Å². The Balaban J connectivity index is 2.36. The molecule has 0 atom stereocenters. The van der Waals surface area contributed by atoms with Crippen LogP contribution in [0.3, 0.4) is 0 Å². The maximum absolute atomic E-state index is 11.5. The van der Waals surface area contributed by atoms with Gasteiger partial charge in [0, 0.05) is 0 Å². The third-order valence-electron chi connectivity index (χ3n) is 1.85. The highest BCUT2D eigenvalue weighted by molar-refractivity contribution is 7.89. The minimum absolute atomic E-state index is 0.0444. The summed E-state index contributed by atoms with van der Waals surface area (Å²) in [5.41, 5.74) is 0. The molecule has 0 amide bonds. The maximum Gasteiger partial charge on any atom is 0.241 e. The Morgan fingerprint density at radius 1 is 1.44 bits per heavy atom. The third-order valence-corrected chi connectivity index (χ3v) is 3.26. The van der Waals surface area contributed by atoms with Crippen LogP contribution in [0.5, 0.6) is 0 Å². The molecule has 0 aliphatic heterocycles. The van der Waals surface area contributed by atoms with Gasteiger partial charge < -0.3 is 9.84 Å². The first-order valence-electron chi connectivity index (χ1n) is 4.94. The van der Waals surface area contributed by atoms with Gasteiger partial charge in [-0.2, -0.15) is 4.98 Å². The molecule has 7 nitrogen and oxygen atoms in total. The van der Waals surface area contributed by atoms with Crippen molar-refractivity contribution < 1.29 is 12.9 Å². The van der Waals surface area contributed by atoms with Crippen molar-refractivity contribution in [2.24, 2.45) is 0 Å². The van der Waals surface area contributed by atoms with Gasteiger partial charge in [0.2, 0.25) is 15.9 Å². The lowest BCUT2D eigenvalue weighted by Gasteiger charge is -2.03. The first-order chi connectivity index (χ1) is 7.53. The van der Waals surface area contributed by atoms with Gasteiger partial charge >= 0.3 is 0 Å². The van der Waals surface area contributed by atoms with E-state index in [0.717, 1.165) is 0 Å². The van der Waals surface area contributed by atoms with Crippen molar-refractivity contribution >= 4 is 10.0 Å². The number of nitrogens with zero attached hydrogens (tertiary/aromatic N) is 2. The van der Waals surface area contributed by atoms with Gasteiger partial charge in [-0.15, -0.1) is 0 Å². The molecule has 1 aromatic heterocycles. The van der Waals surface area contributed by atoms with Crippen molar-refractivity contribution in [1.29, 1.82) is 0 Å². The predicted molar refractivity (Wildman–Crippen MR) is 58.2 cm³/mol. The van der Waals surface area contributed by atoms with E-state index in [1.54, 1.807) is 14.0 Å². The molecule has 92 valence electrons. The van der Waals surface area contributed by atoms with Gasteiger partial charge in [0.15, 0.2) is 5.82 Å². The molecule has 2 N–H and O–H groups in total. The van der Waals surface area contributed by atoms with Crippen LogP contribution in [0.1, 0.15) is 18.1 Å². The molecule has 16 heavy (non-hydrogen) atoms. The number of aryl methyl sites for hydroxylation is 1. The molecule has 1 rings (SSSR count). The van der Waals surface area contributed by atoms with E-state index in [0.29, 0.717) is 18.8 Å². The van der Waals surface area contributed by atoms with Crippen LogP contribution in [0.15, 0.2) is 4.52 Å². The van der Waals surface area contributed by atoms with Crippen molar-refractivity contribution in [3.05, 3.63) is 11.7 Å². The van der Waals surface area contributed by atoms with E-state index in [9.17, 15) is 8.42 Å². The molecule has 0 saturated heterocycles. The monoisotopic (exact) mass is 248 g/mol. The van der Waals surface area contributed by atoms with Gasteiger partial charge in [-0.25, -0.2) is 13.1 Å². The molecule has 8 heteroatoms. The smallest absolute Gasteiger partial charge is 0.241 e. The van der Waals surface area contributed by atoms with Crippen molar-refractivity contribution in [3.8, 4) is 0 Å². The van der Waals surface area contributed by atoms with Crippen molar-refractivity contribution in [1.82, 2.24) is 20.2 Å². The highest BCUT2D eigenvalue weighted by Gasteiger charge is 2.11. The van der Waals surface area contributed by atoms with Crippen LogP contribution < -0.4 is 10.0 Å². The van der Waals surface area contributed by atoms with Gasteiger partial charge in [-0.3, -0.25) is 0 Å². The standard InChI is InChI=1S/C8H16N4O3S/c1-7-11-8(15-12-7)6-10-16(13,14)5-3-4-9-2/h9-10H,3-6H2,1-2H3. The van der Waals surface area contributed by atoms with Crippen molar-refractivity contribution in [3.63, 3.8) is 0 Å². The SMILES string of the molecule is CNCCCS(=O)(=O)NCc1nc(C)no1. The summed E-state index contributed by atoms with van der Waals surface area (Å²) in [5, 5.41) is 6.45. The molecule has 0 aliphatic carbocycles. The summed E-state index contributed by atoms with van der Waals surface area (Å²) in [4.78, 5) is 3.89. The zero-order chi connectivity index (χ0) is 12.0. The highest BCUT2D eigenvalue weighted by Crippen LogP contribution is 1.97. The fourth-order valence-electron chi connectivity index (χ4n) is 1.09. The lowest BCUT2D eigenvalue weighted by atomic mass is 10.5. The van der Waals surface area contributed by atoms with Crippen LogP contribution >= 0.6 is 0 Å². The third kappa shape index (κ3) is 4.69. The van der Waals surface area contributed by atoms with Gasteiger partial charge in [0.1, 0.15) is 0 Å². The van der Waals surface area contributed by atoms with E-state index in [4.69, 9.17) is 4.52 Å². The van der Waals surface area contributed by atoms with Crippen LogP contribution in [0.2, 0.25) is 0 Å². The molecule has 0 aromatic carbocycles. The minimum atomic E-state index is -3.26. The Hall–Kier alpha value is -0.990. The lowest BCUT2D eigenvalue weighted by Crippen LogP contribution is -2.27. The number of sulfonamides is 1. The van der Waals surface area contributed by atoms with Gasteiger partial charge in [-0.05, 0) is 26.9 Å². The van der Waals surface area contributed by atoms with E-state index < -0.39 is 10.0 Å². The normalized spacial score (nSPS) is 11.9. The fourth-order valence-corrected chi connectivity index (χ4v) is 2.11. The van der Waals surface area contributed by atoms with Crippen LogP contribution in [0.4, 0.5) is 0 Å². The summed E-state index contributed by atoms with van der Waals surface area (Å²) in [7, 11) is -1.48. The second-order valence-electron chi connectivity index (χ2n) is 3.33. The van der Waals surface area contributed by atoms with E-state index in [-0.39, 0.29) is 18.2 Å². The number of hydrogen-bond donors (Lipinski definition) is 2. The van der Waals surface area contributed by atoms with Gasteiger partial charge in [-0.1, -0.05) is 5.16 Å². The second-order valence-corrected chi connectivity index (χ2v) is 5.26. The molecular weight excluding hydrogens is 232 g/mol. The molecule has 1 heterocycles. The Morgan fingerprint density at radius 2 is 2.19 bits per heavy atom. The number of hydrogen-bond acceptors (Lipinski definition) is 6. The summed E-state index contributed by atoms with van der Waals surface area (Å²) >= 11 is 0. The van der Waals surface area contributed by atoms with E-state index in [1.165, 1.54) is 0 Å². The van der Waals surface area contributed by atoms with Crippen LogP contribution in [0, 0.1) is 6.92 Å².